The van der Waals surface area contributed by atoms with Crippen LogP contribution < -0.4 is 5.32 Å². The van der Waals surface area contributed by atoms with Gasteiger partial charge in [-0.15, -0.1) is 0 Å². The molecule has 5 rings (SSSR count). The Kier molecular flexibility index (Phi) is 5.42. The Morgan fingerprint density at radius 2 is 1.84 bits per heavy atom. The fourth-order valence-corrected chi connectivity index (χ4v) is 5.78. The zero-order chi connectivity index (χ0) is 21.4. The van der Waals surface area contributed by atoms with Crippen LogP contribution in [-0.4, -0.2) is 16.0 Å². The molecular formula is C25H25BrFN3O. The molecule has 0 radical (unpaired) electrons. The Labute approximate surface area is 189 Å². The Hall–Kier alpha value is -2.47. The molecule has 160 valence electrons. The lowest BCUT2D eigenvalue weighted by Crippen LogP contribution is -2.45. The highest BCUT2D eigenvalue weighted by Gasteiger charge is 2.48. The van der Waals surface area contributed by atoms with Crippen LogP contribution in [0.1, 0.15) is 50.0 Å². The highest BCUT2D eigenvalue weighted by atomic mass is 79.9. The van der Waals surface area contributed by atoms with E-state index in [4.69, 9.17) is 0 Å². The number of fused-ring (bicyclic) bond motifs is 1. The van der Waals surface area contributed by atoms with Crippen LogP contribution in [0.5, 0.6) is 0 Å². The fraction of sp³-hybridized carbons (Fsp3) is 0.360. The first-order valence-corrected chi connectivity index (χ1v) is 11.6. The van der Waals surface area contributed by atoms with Gasteiger partial charge >= 0.3 is 0 Å². The predicted octanol–water partition coefficient (Wildman–Crippen LogP) is 7.09. The van der Waals surface area contributed by atoms with Gasteiger partial charge in [0, 0.05) is 27.7 Å². The summed E-state index contributed by atoms with van der Waals surface area (Å²) in [7, 11) is 0. The van der Waals surface area contributed by atoms with Crippen LogP contribution in [0, 0.1) is 17.2 Å². The third-order valence-corrected chi connectivity index (χ3v) is 7.72. The minimum absolute atomic E-state index is 0.204. The molecule has 0 atom stereocenters. The normalized spacial score (nSPS) is 26.1. The number of hydrogen-bond acceptors (Lipinski definition) is 3. The van der Waals surface area contributed by atoms with Crippen LogP contribution in [0.15, 0.2) is 64.4 Å². The van der Waals surface area contributed by atoms with E-state index >= 15 is 0 Å². The number of hydrogen-bond donors (Lipinski definition) is 2. The topological polar surface area (TPSA) is 57.5 Å². The zero-order valence-electron chi connectivity index (χ0n) is 17.2. The van der Waals surface area contributed by atoms with E-state index in [-0.39, 0.29) is 11.7 Å². The molecule has 0 amide bonds. The summed E-state index contributed by atoms with van der Waals surface area (Å²) in [6.45, 7) is 0. The Morgan fingerprint density at radius 1 is 1.10 bits per heavy atom. The number of anilines is 1. The molecular weight excluding hydrogens is 457 g/mol. The summed E-state index contributed by atoms with van der Waals surface area (Å²) in [4.78, 5) is 4.40. The number of pyridine rings is 1. The minimum Gasteiger partial charge on any atom is -0.409 e. The first-order chi connectivity index (χ1) is 15.0. The van der Waals surface area contributed by atoms with Crippen molar-refractivity contribution in [2.24, 2.45) is 16.5 Å². The fourth-order valence-electron chi connectivity index (χ4n) is 5.51. The smallest absolute Gasteiger partial charge is 0.149 e. The van der Waals surface area contributed by atoms with Gasteiger partial charge in [0.25, 0.3) is 0 Å². The van der Waals surface area contributed by atoms with E-state index in [0.29, 0.717) is 17.2 Å². The molecule has 2 N–H and O–H groups in total. The second kappa shape index (κ2) is 8.23. The molecule has 2 saturated carbocycles. The van der Waals surface area contributed by atoms with Gasteiger partial charge in [0.05, 0.1) is 5.52 Å². The van der Waals surface area contributed by atoms with E-state index in [0.717, 1.165) is 59.6 Å². The van der Waals surface area contributed by atoms with E-state index < -0.39 is 0 Å². The molecule has 1 aromatic heterocycles. The highest BCUT2D eigenvalue weighted by molar-refractivity contribution is 9.10. The van der Waals surface area contributed by atoms with E-state index in [1.807, 2.05) is 30.5 Å². The van der Waals surface area contributed by atoms with Gasteiger partial charge in [-0.1, -0.05) is 21.1 Å². The average Bonchev–Trinajstić information content (AvgIpc) is 2.77. The van der Waals surface area contributed by atoms with Crippen LogP contribution in [0.25, 0.3) is 10.9 Å². The van der Waals surface area contributed by atoms with Gasteiger partial charge in [-0.25, -0.2) is 4.39 Å². The Balaban J connectivity index is 1.23. The summed E-state index contributed by atoms with van der Waals surface area (Å²) in [5, 5.41) is 17.3. The van der Waals surface area contributed by atoms with Gasteiger partial charge in [-0.05, 0) is 104 Å². The van der Waals surface area contributed by atoms with E-state index in [9.17, 15) is 9.60 Å². The van der Waals surface area contributed by atoms with Crippen LogP contribution in [0.3, 0.4) is 0 Å². The van der Waals surface area contributed by atoms with Crippen LogP contribution in [0.4, 0.5) is 10.1 Å². The third-order valence-electron chi connectivity index (χ3n) is 7.19. The lowest BCUT2D eigenvalue weighted by molar-refractivity contribution is 0.0388. The quantitative estimate of drug-likeness (QED) is 0.181. The Bertz CT molecular complexity index is 1120. The summed E-state index contributed by atoms with van der Waals surface area (Å²) in [6.07, 6.45) is 8.47. The van der Waals surface area contributed by atoms with Crippen molar-refractivity contribution in [1.82, 2.24) is 4.98 Å². The van der Waals surface area contributed by atoms with Gasteiger partial charge in [0.1, 0.15) is 11.7 Å². The number of benzene rings is 2. The molecule has 31 heavy (non-hydrogen) atoms. The molecule has 1 spiro atoms. The van der Waals surface area contributed by atoms with Gasteiger partial charge in [0.15, 0.2) is 0 Å². The molecule has 1 heterocycles. The number of nitrogens with zero attached hydrogens (tertiary/aromatic N) is 2. The van der Waals surface area contributed by atoms with Crippen molar-refractivity contribution >= 4 is 38.4 Å². The molecule has 2 aromatic carbocycles. The number of oxime groups is 1. The van der Waals surface area contributed by atoms with Crippen molar-refractivity contribution in [1.29, 1.82) is 0 Å². The van der Waals surface area contributed by atoms with Crippen molar-refractivity contribution in [2.45, 2.75) is 44.4 Å². The second-order valence-electron chi connectivity index (χ2n) is 9.06. The van der Waals surface area contributed by atoms with E-state index in [2.05, 4.69) is 37.5 Å². The number of rotatable bonds is 3. The van der Waals surface area contributed by atoms with E-state index in [1.165, 1.54) is 11.6 Å². The standard InChI is InChI=1S/C25H25BrFN3O/c26-18-1-4-20(5-2-18)29-24(30-31)17-14-25(15-17)10-7-16(8-11-25)21-9-12-28-23-6-3-19(27)13-22(21)23/h1-6,9,12-13,16-17,31H,7-8,10-11,14-15H2,(H,29,30). The molecule has 3 aromatic rings. The lowest BCUT2D eigenvalue weighted by atomic mass is 9.54. The van der Waals surface area contributed by atoms with Crippen LogP contribution in [0.2, 0.25) is 0 Å². The molecule has 0 unspecified atom stereocenters. The minimum atomic E-state index is -0.204. The average molecular weight is 482 g/mol. The number of nitrogens with one attached hydrogen (secondary N) is 1. The van der Waals surface area contributed by atoms with Crippen molar-refractivity contribution in [3.63, 3.8) is 0 Å². The number of amidine groups is 1. The zero-order valence-corrected chi connectivity index (χ0v) is 18.8. The van der Waals surface area contributed by atoms with Gasteiger partial charge in [-0.2, -0.15) is 0 Å². The SMILES string of the molecule is O/N=C(\Nc1ccc(Br)cc1)C1CC2(CCC(c3ccnc4ccc(F)cc34)CC2)C1. The maximum absolute atomic E-state index is 13.8. The van der Waals surface area contributed by atoms with Gasteiger partial charge in [-0.3, -0.25) is 4.98 Å². The molecule has 0 aliphatic heterocycles. The van der Waals surface area contributed by atoms with Crippen LogP contribution in [-0.2, 0) is 0 Å². The second-order valence-corrected chi connectivity index (χ2v) is 9.97. The van der Waals surface area contributed by atoms with E-state index in [1.54, 1.807) is 12.1 Å². The maximum Gasteiger partial charge on any atom is 0.149 e. The molecule has 2 aliphatic carbocycles. The van der Waals surface area contributed by atoms with Crippen LogP contribution >= 0.6 is 15.9 Å². The molecule has 0 bridgehead atoms. The summed E-state index contributed by atoms with van der Waals surface area (Å²) < 4.78 is 14.8. The van der Waals surface area contributed by atoms with Crippen molar-refractivity contribution in [2.75, 3.05) is 5.32 Å². The van der Waals surface area contributed by atoms with Gasteiger partial charge < -0.3 is 10.5 Å². The highest BCUT2D eigenvalue weighted by Crippen LogP contribution is 2.57. The molecule has 6 heteroatoms. The predicted molar refractivity (Wildman–Crippen MR) is 125 cm³/mol. The molecule has 2 fully saturated rings. The molecule has 4 nitrogen and oxygen atoms in total. The Morgan fingerprint density at radius 3 is 2.55 bits per heavy atom. The summed E-state index contributed by atoms with van der Waals surface area (Å²) >= 11 is 3.44. The number of halogens is 2. The first-order valence-electron chi connectivity index (χ1n) is 10.8. The molecule has 0 saturated heterocycles. The first kappa shape index (κ1) is 20.4. The summed E-state index contributed by atoms with van der Waals surface area (Å²) in [5.74, 6) is 1.17. The molecule has 2 aliphatic rings. The maximum atomic E-state index is 13.8. The summed E-state index contributed by atoms with van der Waals surface area (Å²) in [6, 6.07) is 14.8. The lowest BCUT2D eigenvalue weighted by Gasteiger charge is -2.51. The van der Waals surface area contributed by atoms with Crippen molar-refractivity contribution in [3.8, 4) is 0 Å². The monoisotopic (exact) mass is 481 g/mol. The van der Waals surface area contributed by atoms with Crippen molar-refractivity contribution in [3.05, 3.63) is 70.6 Å². The largest absolute Gasteiger partial charge is 0.409 e. The van der Waals surface area contributed by atoms with Crippen molar-refractivity contribution < 1.29 is 9.60 Å². The summed E-state index contributed by atoms with van der Waals surface area (Å²) in [5.41, 5.74) is 3.36. The van der Waals surface area contributed by atoms with Gasteiger partial charge in [0.2, 0.25) is 0 Å². The third kappa shape index (κ3) is 4.05. The number of aromatic nitrogens is 1.